The van der Waals surface area contributed by atoms with Crippen molar-refractivity contribution in [3.8, 4) is 0 Å². The monoisotopic (exact) mass is 402 g/mol. The van der Waals surface area contributed by atoms with Gasteiger partial charge in [-0.3, -0.25) is 0 Å². The van der Waals surface area contributed by atoms with Gasteiger partial charge in [-0.25, -0.2) is 0 Å². The number of aryl methyl sites for hydroxylation is 1. The standard InChI is InChI=1S/C22H18N4S2/c1-14(24-25-22-26(2)18-8-4-6-10-21(18)28-22)15-11-12-20-17(13-15)23-16-7-3-5-9-19(16)27-20/h3-13,23H,1-2H3/b24-14-,25-22+. The average Bonchev–Trinajstić information content (AvgIpc) is 3.06. The maximum absolute atomic E-state index is 4.51. The van der Waals surface area contributed by atoms with E-state index in [1.165, 1.54) is 20.0 Å². The molecule has 0 spiro atoms. The molecular formula is C22H18N4S2. The average molecular weight is 403 g/mol. The minimum Gasteiger partial charge on any atom is -0.354 e. The Balaban J connectivity index is 1.49. The first kappa shape index (κ1) is 17.3. The zero-order chi connectivity index (χ0) is 19.1. The van der Waals surface area contributed by atoms with Gasteiger partial charge in [-0.1, -0.05) is 53.4 Å². The van der Waals surface area contributed by atoms with Gasteiger partial charge in [-0.05, 0) is 48.9 Å². The quantitative estimate of drug-likeness (QED) is 0.301. The summed E-state index contributed by atoms with van der Waals surface area (Å²) >= 11 is 3.44. The van der Waals surface area contributed by atoms with Crippen LogP contribution in [0.3, 0.4) is 0 Å². The Morgan fingerprint density at radius 3 is 2.61 bits per heavy atom. The van der Waals surface area contributed by atoms with Crippen LogP contribution in [0.15, 0.2) is 86.7 Å². The summed E-state index contributed by atoms with van der Waals surface area (Å²) in [5.74, 6) is 0. The van der Waals surface area contributed by atoms with Gasteiger partial charge in [0, 0.05) is 16.8 Å². The molecule has 138 valence electrons. The number of anilines is 2. The van der Waals surface area contributed by atoms with Crippen LogP contribution in [0.5, 0.6) is 0 Å². The first-order valence-electron chi connectivity index (χ1n) is 9.00. The summed E-state index contributed by atoms with van der Waals surface area (Å²) in [6.07, 6.45) is 0. The normalized spacial score (nSPS) is 13.9. The molecule has 28 heavy (non-hydrogen) atoms. The predicted molar refractivity (Wildman–Crippen MR) is 119 cm³/mol. The molecule has 4 nitrogen and oxygen atoms in total. The van der Waals surface area contributed by atoms with Crippen molar-refractivity contribution in [2.24, 2.45) is 17.3 Å². The lowest BCUT2D eigenvalue weighted by molar-refractivity contribution is 0.888. The summed E-state index contributed by atoms with van der Waals surface area (Å²) < 4.78 is 3.30. The molecule has 0 unspecified atom stereocenters. The fourth-order valence-corrected chi connectivity index (χ4v) is 5.16. The van der Waals surface area contributed by atoms with Crippen molar-refractivity contribution in [2.45, 2.75) is 16.7 Å². The molecule has 0 fully saturated rings. The van der Waals surface area contributed by atoms with E-state index in [2.05, 4.69) is 74.7 Å². The third-order valence-electron chi connectivity index (χ3n) is 4.77. The second-order valence-corrected chi connectivity index (χ2v) is 8.72. The molecule has 1 aliphatic rings. The van der Waals surface area contributed by atoms with Crippen LogP contribution in [-0.2, 0) is 7.05 Å². The Hall–Kier alpha value is -2.83. The van der Waals surface area contributed by atoms with Gasteiger partial charge >= 0.3 is 0 Å². The third-order valence-corrected chi connectivity index (χ3v) is 7.03. The molecule has 3 aromatic carbocycles. The van der Waals surface area contributed by atoms with Gasteiger partial charge in [0.1, 0.15) is 0 Å². The molecule has 0 radical (unpaired) electrons. The van der Waals surface area contributed by atoms with Crippen LogP contribution >= 0.6 is 23.1 Å². The van der Waals surface area contributed by atoms with E-state index in [0.29, 0.717) is 0 Å². The summed E-state index contributed by atoms with van der Waals surface area (Å²) in [5.41, 5.74) is 5.40. The zero-order valence-electron chi connectivity index (χ0n) is 15.5. The highest BCUT2D eigenvalue weighted by molar-refractivity contribution is 7.99. The van der Waals surface area contributed by atoms with Gasteiger partial charge in [0.15, 0.2) is 0 Å². The number of nitrogens with one attached hydrogen (secondary N) is 1. The summed E-state index contributed by atoms with van der Waals surface area (Å²) in [7, 11) is 2.03. The highest BCUT2D eigenvalue weighted by Crippen LogP contribution is 2.44. The molecule has 4 aromatic rings. The first-order valence-corrected chi connectivity index (χ1v) is 10.6. The van der Waals surface area contributed by atoms with Crippen molar-refractivity contribution in [3.05, 3.63) is 77.1 Å². The molecule has 1 aromatic heterocycles. The Bertz CT molecular complexity index is 1300. The number of rotatable bonds is 2. The number of thiazole rings is 1. The van der Waals surface area contributed by atoms with E-state index in [4.69, 9.17) is 0 Å². The fourth-order valence-electron chi connectivity index (χ4n) is 3.22. The summed E-state index contributed by atoms with van der Waals surface area (Å²) in [6, 6.07) is 23.1. The van der Waals surface area contributed by atoms with Gasteiger partial charge in [0.25, 0.3) is 0 Å². The maximum atomic E-state index is 4.51. The van der Waals surface area contributed by atoms with Crippen molar-refractivity contribution in [1.82, 2.24) is 4.57 Å². The highest BCUT2D eigenvalue weighted by atomic mass is 32.2. The number of benzene rings is 3. The zero-order valence-corrected chi connectivity index (χ0v) is 17.1. The van der Waals surface area contributed by atoms with Crippen molar-refractivity contribution in [1.29, 1.82) is 0 Å². The van der Waals surface area contributed by atoms with E-state index in [0.717, 1.165) is 27.5 Å². The van der Waals surface area contributed by atoms with E-state index < -0.39 is 0 Å². The van der Waals surface area contributed by atoms with Crippen LogP contribution in [-0.4, -0.2) is 10.3 Å². The molecule has 1 aliphatic heterocycles. The van der Waals surface area contributed by atoms with Crippen LogP contribution in [0, 0.1) is 0 Å². The maximum Gasteiger partial charge on any atom is 0.211 e. The molecule has 0 aliphatic carbocycles. The second kappa shape index (κ2) is 6.96. The van der Waals surface area contributed by atoms with Crippen LogP contribution in [0.1, 0.15) is 12.5 Å². The summed E-state index contributed by atoms with van der Waals surface area (Å²) in [5, 5.41) is 12.5. The highest BCUT2D eigenvalue weighted by Gasteiger charge is 2.15. The van der Waals surface area contributed by atoms with E-state index >= 15 is 0 Å². The van der Waals surface area contributed by atoms with E-state index in [1.807, 2.05) is 26.1 Å². The van der Waals surface area contributed by atoms with Crippen LogP contribution in [0.4, 0.5) is 11.4 Å². The first-order chi connectivity index (χ1) is 13.7. The third kappa shape index (κ3) is 3.04. The number of nitrogens with zero attached hydrogens (tertiary/aromatic N) is 3. The Morgan fingerprint density at radius 2 is 1.71 bits per heavy atom. The number of aromatic nitrogens is 1. The van der Waals surface area contributed by atoms with Gasteiger partial charge in [0.2, 0.25) is 4.80 Å². The number of hydrogen-bond acceptors (Lipinski definition) is 5. The van der Waals surface area contributed by atoms with E-state index in [1.54, 1.807) is 23.1 Å². The van der Waals surface area contributed by atoms with Crippen LogP contribution < -0.4 is 10.1 Å². The molecule has 1 N–H and O–H groups in total. The minimum atomic E-state index is 0.890. The fraction of sp³-hybridized carbons (Fsp3) is 0.0909. The SMILES string of the molecule is C/C(=N/N=c1/sc2ccccc2n1C)c1ccc2c(c1)Nc1ccccc1S2. The lowest BCUT2D eigenvalue weighted by Gasteiger charge is -2.21. The molecule has 0 amide bonds. The Labute approximate surface area is 171 Å². The van der Waals surface area contributed by atoms with Crippen molar-refractivity contribution < 1.29 is 0 Å². The smallest absolute Gasteiger partial charge is 0.211 e. The second-order valence-electron chi connectivity index (χ2n) is 6.63. The summed E-state index contributed by atoms with van der Waals surface area (Å²) in [6.45, 7) is 2.00. The number of fused-ring (bicyclic) bond motifs is 3. The summed E-state index contributed by atoms with van der Waals surface area (Å²) in [4.78, 5) is 3.37. The Kier molecular flexibility index (Phi) is 4.30. The molecule has 5 rings (SSSR count). The molecule has 2 heterocycles. The molecular weight excluding hydrogens is 384 g/mol. The van der Waals surface area contributed by atoms with Crippen LogP contribution in [0.2, 0.25) is 0 Å². The van der Waals surface area contributed by atoms with Crippen LogP contribution in [0.25, 0.3) is 10.2 Å². The van der Waals surface area contributed by atoms with Gasteiger partial charge in [-0.2, -0.15) is 5.10 Å². The van der Waals surface area contributed by atoms with Gasteiger partial charge < -0.3 is 9.88 Å². The van der Waals surface area contributed by atoms with E-state index in [-0.39, 0.29) is 0 Å². The Morgan fingerprint density at radius 1 is 0.929 bits per heavy atom. The minimum absolute atomic E-state index is 0.890. The lowest BCUT2D eigenvalue weighted by atomic mass is 10.1. The number of para-hydroxylation sites is 2. The topological polar surface area (TPSA) is 41.7 Å². The molecule has 0 bridgehead atoms. The number of hydrogen-bond donors (Lipinski definition) is 1. The molecule has 6 heteroatoms. The predicted octanol–water partition coefficient (Wildman–Crippen LogP) is 5.77. The van der Waals surface area contributed by atoms with Crippen molar-refractivity contribution >= 4 is 50.4 Å². The molecule has 0 saturated heterocycles. The van der Waals surface area contributed by atoms with Gasteiger partial charge in [0.05, 0.1) is 27.3 Å². The largest absolute Gasteiger partial charge is 0.354 e. The van der Waals surface area contributed by atoms with Crippen molar-refractivity contribution in [2.75, 3.05) is 5.32 Å². The lowest BCUT2D eigenvalue weighted by Crippen LogP contribution is -2.09. The van der Waals surface area contributed by atoms with Gasteiger partial charge in [-0.15, -0.1) is 5.10 Å². The van der Waals surface area contributed by atoms with E-state index in [9.17, 15) is 0 Å². The molecule has 0 saturated carbocycles. The molecule has 0 atom stereocenters. The van der Waals surface area contributed by atoms with Crippen molar-refractivity contribution in [3.63, 3.8) is 0 Å².